The van der Waals surface area contributed by atoms with E-state index < -0.39 is 12.0 Å². The van der Waals surface area contributed by atoms with Gasteiger partial charge in [0.2, 0.25) is 0 Å². The highest BCUT2D eigenvalue weighted by Gasteiger charge is 2.15. The van der Waals surface area contributed by atoms with Gasteiger partial charge in [0.05, 0.1) is 14.2 Å². The van der Waals surface area contributed by atoms with Gasteiger partial charge in [0.15, 0.2) is 0 Å². The minimum atomic E-state index is -0.848. The molecule has 0 saturated carbocycles. The lowest BCUT2D eigenvalue weighted by Gasteiger charge is -2.15. The fraction of sp³-hybridized carbons (Fsp3) is 0.462. The normalized spacial score (nSPS) is 11.9. The fourth-order valence-electron chi connectivity index (χ4n) is 1.66. The van der Waals surface area contributed by atoms with Gasteiger partial charge >= 0.3 is 5.97 Å². The van der Waals surface area contributed by atoms with Crippen molar-refractivity contribution in [1.29, 1.82) is 0 Å². The number of carbonyl (C=O) groups is 1. The van der Waals surface area contributed by atoms with Gasteiger partial charge in [-0.15, -0.1) is 0 Å². The summed E-state index contributed by atoms with van der Waals surface area (Å²) in [5.74, 6) is 0.582. The van der Waals surface area contributed by atoms with E-state index in [2.05, 4.69) is 5.32 Å². The zero-order chi connectivity index (χ0) is 13.5. The van der Waals surface area contributed by atoms with E-state index in [1.165, 1.54) is 0 Å². The van der Waals surface area contributed by atoms with E-state index in [1.807, 2.05) is 13.0 Å². The second kappa shape index (κ2) is 6.86. The molecule has 1 aromatic carbocycles. The number of hydrogen-bond acceptors (Lipinski definition) is 4. The number of benzene rings is 1. The van der Waals surface area contributed by atoms with Gasteiger partial charge in [0.1, 0.15) is 17.5 Å². The van der Waals surface area contributed by atoms with Gasteiger partial charge in [-0.2, -0.15) is 0 Å². The first-order chi connectivity index (χ1) is 8.62. The smallest absolute Gasteiger partial charge is 0.320 e. The topological polar surface area (TPSA) is 67.8 Å². The van der Waals surface area contributed by atoms with E-state index in [1.54, 1.807) is 26.4 Å². The molecule has 0 amide bonds. The summed E-state index contributed by atoms with van der Waals surface area (Å²) in [6.07, 6.45) is 0.529. The summed E-state index contributed by atoms with van der Waals surface area (Å²) >= 11 is 0. The van der Waals surface area contributed by atoms with Crippen LogP contribution in [0.15, 0.2) is 18.2 Å². The molecule has 0 heterocycles. The first-order valence-electron chi connectivity index (χ1n) is 5.79. The summed E-state index contributed by atoms with van der Waals surface area (Å²) < 4.78 is 10.4. The van der Waals surface area contributed by atoms with E-state index in [9.17, 15) is 4.79 Å². The number of nitrogens with one attached hydrogen (secondary N) is 1. The Bertz CT molecular complexity index is 406. The maximum absolute atomic E-state index is 10.9. The highest BCUT2D eigenvalue weighted by Crippen LogP contribution is 2.23. The Morgan fingerprint density at radius 3 is 2.61 bits per heavy atom. The lowest BCUT2D eigenvalue weighted by molar-refractivity contribution is -0.139. The van der Waals surface area contributed by atoms with Gasteiger partial charge in [-0.3, -0.25) is 4.79 Å². The molecule has 1 aromatic rings. The molecular formula is C13H19NO4. The summed E-state index contributed by atoms with van der Waals surface area (Å²) in [6, 6.07) is 4.88. The Labute approximate surface area is 107 Å². The zero-order valence-electron chi connectivity index (χ0n) is 10.9. The largest absolute Gasteiger partial charge is 0.497 e. The molecule has 0 radical (unpaired) electrons. The summed E-state index contributed by atoms with van der Waals surface area (Å²) in [5.41, 5.74) is 0.872. The van der Waals surface area contributed by atoms with Gasteiger partial charge in [0, 0.05) is 12.1 Å². The highest BCUT2D eigenvalue weighted by atomic mass is 16.5. The molecule has 100 valence electrons. The molecule has 1 rings (SSSR count). The van der Waals surface area contributed by atoms with E-state index in [0.29, 0.717) is 18.7 Å². The molecule has 18 heavy (non-hydrogen) atoms. The summed E-state index contributed by atoms with van der Waals surface area (Å²) in [5, 5.41) is 11.9. The van der Waals surface area contributed by atoms with Crippen LogP contribution in [0.4, 0.5) is 0 Å². The number of methoxy groups -OCH3 is 2. The third-order valence-electron chi connectivity index (χ3n) is 2.73. The predicted octanol–water partition coefficient (Wildman–Crippen LogP) is 1.66. The third kappa shape index (κ3) is 3.63. The van der Waals surface area contributed by atoms with Crippen LogP contribution < -0.4 is 14.8 Å². The van der Waals surface area contributed by atoms with Crippen molar-refractivity contribution < 1.29 is 19.4 Å². The molecule has 0 bridgehead atoms. The van der Waals surface area contributed by atoms with Crippen molar-refractivity contribution in [1.82, 2.24) is 5.32 Å². The molecule has 0 aliphatic rings. The molecule has 0 aromatic heterocycles. The highest BCUT2D eigenvalue weighted by molar-refractivity contribution is 5.73. The average Bonchev–Trinajstić information content (AvgIpc) is 2.38. The first-order valence-corrected chi connectivity index (χ1v) is 5.79. The molecule has 0 aliphatic heterocycles. The molecule has 5 nitrogen and oxygen atoms in total. The number of ether oxygens (including phenoxy) is 2. The molecule has 0 spiro atoms. The summed E-state index contributed by atoms with van der Waals surface area (Å²) in [6.45, 7) is 2.25. The SMILES string of the molecule is CCC(NCc1cc(OC)ccc1OC)C(=O)O. The van der Waals surface area contributed by atoms with E-state index in [0.717, 1.165) is 11.3 Å². The van der Waals surface area contributed by atoms with Crippen LogP contribution in [0.25, 0.3) is 0 Å². The number of hydrogen-bond donors (Lipinski definition) is 2. The van der Waals surface area contributed by atoms with Crippen LogP contribution in [0.3, 0.4) is 0 Å². The van der Waals surface area contributed by atoms with Crippen molar-refractivity contribution in [2.45, 2.75) is 25.9 Å². The number of rotatable bonds is 7. The van der Waals surface area contributed by atoms with Crippen LogP contribution in [-0.4, -0.2) is 31.3 Å². The molecule has 0 saturated heterocycles. The summed E-state index contributed by atoms with van der Waals surface area (Å²) in [7, 11) is 3.17. The minimum absolute atomic E-state index is 0.422. The second-order valence-electron chi connectivity index (χ2n) is 3.86. The molecule has 5 heteroatoms. The van der Waals surface area contributed by atoms with E-state index in [4.69, 9.17) is 14.6 Å². The molecular weight excluding hydrogens is 234 g/mol. The molecule has 1 atom stereocenters. The van der Waals surface area contributed by atoms with Crippen LogP contribution in [0, 0.1) is 0 Å². The van der Waals surface area contributed by atoms with Crippen molar-refractivity contribution in [2.75, 3.05) is 14.2 Å². The monoisotopic (exact) mass is 253 g/mol. The van der Waals surface area contributed by atoms with E-state index >= 15 is 0 Å². The van der Waals surface area contributed by atoms with Crippen LogP contribution in [0.2, 0.25) is 0 Å². The zero-order valence-corrected chi connectivity index (χ0v) is 10.9. The molecule has 1 unspecified atom stereocenters. The Hall–Kier alpha value is -1.75. The minimum Gasteiger partial charge on any atom is -0.497 e. The third-order valence-corrected chi connectivity index (χ3v) is 2.73. The quantitative estimate of drug-likeness (QED) is 0.773. The van der Waals surface area contributed by atoms with Crippen LogP contribution >= 0.6 is 0 Å². The van der Waals surface area contributed by atoms with Crippen molar-refractivity contribution in [3.8, 4) is 11.5 Å². The Morgan fingerprint density at radius 2 is 2.11 bits per heavy atom. The van der Waals surface area contributed by atoms with Crippen molar-refractivity contribution in [3.63, 3.8) is 0 Å². The van der Waals surface area contributed by atoms with Gasteiger partial charge < -0.3 is 19.9 Å². The van der Waals surface area contributed by atoms with Gasteiger partial charge in [-0.05, 0) is 24.6 Å². The Kier molecular flexibility index (Phi) is 5.45. The maximum Gasteiger partial charge on any atom is 0.320 e. The molecule has 0 aliphatic carbocycles. The van der Waals surface area contributed by atoms with Crippen molar-refractivity contribution in [2.24, 2.45) is 0 Å². The van der Waals surface area contributed by atoms with E-state index in [-0.39, 0.29) is 0 Å². The standard InChI is InChI=1S/C13H19NO4/c1-4-11(13(15)16)14-8-9-7-10(17-2)5-6-12(9)18-3/h5-7,11,14H,4,8H2,1-3H3,(H,15,16). The Balaban J connectivity index is 2.78. The van der Waals surface area contributed by atoms with Crippen molar-refractivity contribution in [3.05, 3.63) is 23.8 Å². The number of carboxylic acids is 1. The van der Waals surface area contributed by atoms with Crippen molar-refractivity contribution >= 4 is 5.97 Å². The lowest BCUT2D eigenvalue weighted by Crippen LogP contribution is -2.35. The number of aliphatic carboxylic acids is 1. The molecule has 2 N–H and O–H groups in total. The first kappa shape index (κ1) is 14.3. The predicted molar refractivity (Wildman–Crippen MR) is 68.1 cm³/mol. The van der Waals surface area contributed by atoms with Gasteiger partial charge in [-0.25, -0.2) is 0 Å². The number of carboxylic acid groups (broad SMARTS) is 1. The maximum atomic E-state index is 10.9. The van der Waals surface area contributed by atoms with Crippen LogP contribution in [-0.2, 0) is 11.3 Å². The second-order valence-corrected chi connectivity index (χ2v) is 3.86. The van der Waals surface area contributed by atoms with Gasteiger partial charge in [-0.1, -0.05) is 6.92 Å². The van der Waals surface area contributed by atoms with Crippen LogP contribution in [0.5, 0.6) is 11.5 Å². The lowest BCUT2D eigenvalue weighted by atomic mass is 10.1. The van der Waals surface area contributed by atoms with Crippen LogP contribution in [0.1, 0.15) is 18.9 Å². The van der Waals surface area contributed by atoms with Gasteiger partial charge in [0.25, 0.3) is 0 Å². The summed E-state index contributed by atoms with van der Waals surface area (Å²) in [4.78, 5) is 10.9. The molecule has 0 fully saturated rings. The fourth-order valence-corrected chi connectivity index (χ4v) is 1.66. The Morgan fingerprint density at radius 1 is 1.39 bits per heavy atom. The average molecular weight is 253 g/mol.